The molecular weight excluding hydrogens is 310 g/mol. The van der Waals surface area contributed by atoms with Gasteiger partial charge in [0, 0.05) is 0 Å². The predicted octanol–water partition coefficient (Wildman–Crippen LogP) is 3.15. The molecule has 0 aromatic heterocycles. The van der Waals surface area contributed by atoms with E-state index in [0.29, 0.717) is 0 Å². The van der Waals surface area contributed by atoms with Gasteiger partial charge in [0.15, 0.2) is 7.14 Å². The third-order valence-corrected chi connectivity index (χ3v) is 4.58. The van der Waals surface area contributed by atoms with E-state index in [1.807, 2.05) is 0 Å². The Bertz CT molecular complexity index is 417. The van der Waals surface area contributed by atoms with E-state index >= 15 is 0 Å². The number of ether oxygens (including phenoxy) is 2. The van der Waals surface area contributed by atoms with Crippen molar-refractivity contribution in [1.82, 2.24) is 0 Å². The summed E-state index contributed by atoms with van der Waals surface area (Å²) in [4.78, 5) is 22.7. The van der Waals surface area contributed by atoms with Crippen molar-refractivity contribution in [2.75, 3.05) is 39.8 Å². The third-order valence-electron chi connectivity index (χ3n) is 1.80. The first-order valence-electron chi connectivity index (χ1n) is 5.96. The topological polar surface area (TPSA) is 105 Å². The molecule has 0 aromatic rings. The summed E-state index contributed by atoms with van der Waals surface area (Å²) in [5.41, 5.74) is -2.00. The fourth-order valence-corrected chi connectivity index (χ4v) is 2.59. The summed E-state index contributed by atoms with van der Waals surface area (Å²) in [6.07, 6.45) is 0. The maximum atomic E-state index is 11.9. The summed E-state index contributed by atoms with van der Waals surface area (Å²) >= 11 is 0. The molecule has 0 aromatic carbocycles. The van der Waals surface area contributed by atoms with Crippen LogP contribution in [0.2, 0.25) is 0 Å². The van der Waals surface area contributed by atoms with E-state index in [0.717, 1.165) is 0 Å². The van der Waals surface area contributed by atoms with Gasteiger partial charge in [-0.2, -0.15) is 0 Å². The van der Waals surface area contributed by atoms with E-state index in [1.54, 1.807) is 13.8 Å². The number of hydrogen-bond acceptors (Lipinski definition) is 8. The second kappa shape index (κ2) is 8.57. The Labute approximate surface area is 118 Å². The minimum Gasteiger partial charge on any atom is -0.457 e. The molecule has 0 saturated carbocycles. The number of rotatable bonds is 9. The van der Waals surface area contributed by atoms with Gasteiger partial charge in [-0.15, -0.1) is 0 Å². The Morgan fingerprint density at radius 1 is 0.850 bits per heavy atom. The first-order valence-corrected chi connectivity index (χ1v) is 10.1. The molecule has 0 heterocycles. The summed E-state index contributed by atoms with van der Waals surface area (Å²) < 4.78 is 42.1. The molecule has 0 radical (unpaired) electrons. The van der Waals surface area contributed by atoms with Gasteiger partial charge in [-0.3, -0.25) is 0 Å². The fraction of sp³-hybridized carbons (Fsp3) is 0.800. The highest BCUT2D eigenvalue weighted by Gasteiger charge is 2.36. The van der Waals surface area contributed by atoms with E-state index in [-0.39, 0.29) is 26.4 Å². The summed E-state index contributed by atoms with van der Waals surface area (Å²) in [5, 5.41) is 0. The highest BCUT2D eigenvalue weighted by atomic mass is 31.2. The van der Waals surface area contributed by atoms with Crippen molar-refractivity contribution < 1.29 is 37.2 Å². The smallest absolute Gasteiger partial charge is 0.438 e. The lowest BCUT2D eigenvalue weighted by molar-refractivity contribution is 0.112. The van der Waals surface area contributed by atoms with Crippen LogP contribution in [0.4, 0.5) is 9.59 Å². The molecule has 0 unspecified atom stereocenters. The molecule has 0 N–H and O–H groups in total. The lowest BCUT2D eigenvalue weighted by atomic mass is 10.8. The molecule has 0 fully saturated rings. The monoisotopic (exact) mass is 330 g/mol. The molecule has 0 atom stereocenters. The van der Waals surface area contributed by atoms with Crippen LogP contribution in [0.3, 0.4) is 0 Å². The minimum atomic E-state index is -3.96. The molecule has 8 nitrogen and oxygen atoms in total. The van der Waals surface area contributed by atoms with Gasteiger partial charge < -0.3 is 23.1 Å². The maximum absolute atomic E-state index is 11.9. The Morgan fingerprint density at radius 3 is 1.60 bits per heavy atom. The van der Waals surface area contributed by atoms with Crippen LogP contribution < -0.4 is 0 Å². The number of hydrogen-bond donors (Lipinski definition) is 0. The predicted molar refractivity (Wildman–Crippen MR) is 73.0 cm³/mol. The Morgan fingerprint density at radius 2 is 1.25 bits per heavy atom. The quantitative estimate of drug-likeness (QED) is 0.469. The second-order valence-electron chi connectivity index (χ2n) is 3.91. The van der Waals surface area contributed by atoms with Crippen molar-refractivity contribution in [3.8, 4) is 0 Å². The maximum Gasteiger partial charge on any atom is 0.438 e. The van der Waals surface area contributed by atoms with Crippen molar-refractivity contribution in [2.24, 2.45) is 0 Å². The Balaban J connectivity index is 4.25. The largest absolute Gasteiger partial charge is 0.457 e. The molecule has 0 rings (SSSR count). The highest BCUT2D eigenvalue weighted by Crippen LogP contribution is 2.49. The summed E-state index contributed by atoms with van der Waals surface area (Å²) in [7, 11) is -6.94. The van der Waals surface area contributed by atoms with Crippen molar-refractivity contribution in [2.45, 2.75) is 13.8 Å². The molecule has 0 aliphatic rings. The van der Waals surface area contributed by atoms with Gasteiger partial charge in [0.1, 0.15) is 13.2 Å². The van der Waals surface area contributed by atoms with E-state index in [4.69, 9.17) is 9.05 Å². The first kappa shape index (κ1) is 19.3. The van der Waals surface area contributed by atoms with Crippen LogP contribution in [0.1, 0.15) is 13.8 Å². The van der Waals surface area contributed by atoms with E-state index in [9.17, 15) is 18.7 Å². The highest BCUT2D eigenvalue weighted by molar-refractivity contribution is 7.78. The van der Waals surface area contributed by atoms with Crippen LogP contribution in [0.5, 0.6) is 0 Å². The van der Waals surface area contributed by atoms with Gasteiger partial charge >= 0.3 is 19.0 Å². The number of carbonyl (C=O) groups is 2. The molecule has 0 aliphatic heterocycles. The average Bonchev–Trinajstić information content (AvgIpc) is 2.33. The van der Waals surface area contributed by atoms with Crippen molar-refractivity contribution in [3.63, 3.8) is 0 Å². The lowest BCUT2D eigenvalue weighted by Gasteiger charge is -2.15. The Kier molecular flexibility index (Phi) is 8.28. The standard InChI is InChI=1S/C10H20O8P2/c1-5-17-20(14,18-6-2)10(12)16-8-7-15-9(11)19(3,4)13/h5-8H2,1-4H3. The number of carbonyl (C=O) groups excluding carboxylic acids is 2. The van der Waals surface area contributed by atoms with Crippen LogP contribution >= 0.6 is 14.7 Å². The van der Waals surface area contributed by atoms with Gasteiger partial charge in [0.25, 0.3) is 0 Å². The molecule has 0 bridgehead atoms. The van der Waals surface area contributed by atoms with Gasteiger partial charge in [-0.05, 0) is 27.2 Å². The van der Waals surface area contributed by atoms with Crippen LogP contribution in [-0.2, 0) is 27.7 Å². The third kappa shape index (κ3) is 6.66. The molecule has 0 aliphatic carbocycles. The normalized spacial score (nSPS) is 12.0. The summed E-state index contributed by atoms with van der Waals surface area (Å²) in [5.74, 6) is 0. The first-order chi connectivity index (χ1) is 9.17. The van der Waals surface area contributed by atoms with Crippen molar-refractivity contribution >= 4 is 26.2 Å². The van der Waals surface area contributed by atoms with Gasteiger partial charge in [0.2, 0.25) is 0 Å². The fourth-order valence-electron chi connectivity index (χ4n) is 0.975. The van der Waals surface area contributed by atoms with Crippen LogP contribution in [-0.4, -0.2) is 51.2 Å². The molecule has 118 valence electrons. The molecule has 10 heteroatoms. The average molecular weight is 330 g/mol. The molecule has 0 spiro atoms. The zero-order valence-electron chi connectivity index (χ0n) is 12.0. The van der Waals surface area contributed by atoms with Crippen molar-refractivity contribution in [3.05, 3.63) is 0 Å². The van der Waals surface area contributed by atoms with Gasteiger partial charge in [-0.25, -0.2) is 14.2 Å². The Hall–Kier alpha value is -0.680. The van der Waals surface area contributed by atoms with Gasteiger partial charge in [-0.1, -0.05) is 0 Å². The molecule has 20 heavy (non-hydrogen) atoms. The van der Waals surface area contributed by atoms with Gasteiger partial charge in [0.05, 0.1) is 13.2 Å². The van der Waals surface area contributed by atoms with Crippen LogP contribution in [0, 0.1) is 0 Å². The molecule has 0 amide bonds. The zero-order chi connectivity index (χ0) is 15.8. The second-order valence-corrected chi connectivity index (χ2v) is 8.86. The van der Waals surface area contributed by atoms with Crippen LogP contribution in [0.15, 0.2) is 0 Å². The van der Waals surface area contributed by atoms with Crippen molar-refractivity contribution in [1.29, 1.82) is 0 Å². The lowest BCUT2D eigenvalue weighted by Crippen LogP contribution is -2.14. The molecule has 0 saturated heterocycles. The summed E-state index contributed by atoms with van der Waals surface area (Å²) in [6.45, 7) is 5.08. The zero-order valence-corrected chi connectivity index (χ0v) is 13.8. The molecular formula is C10H20O8P2. The summed E-state index contributed by atoms with van der Waals surface area (Å²) in [6, 6.07) is 0. The van der Waals surface area contributed by atoms with E-state index < -0.39 is 26.2 Å². The van der Waals surface area contributed by atoms with E-state index in [1.165, 1.54) is 13.3 Å². The van der Waals surface area contributed by atoms with E-state index in [2.05, 4.69) is 9.47 Å². The SMILES string of the molecule is CCOP(=O)(OCC)C(=O)OCCOC(=O)P(C)(C)=O. The van der Waals surface area contributed by atoms with Crippen LogP contribution in [0.25, 0.3) is 0 Å². The minimum absolute atomic E-state index is 0.0240.